The lowest BCUT2D eigenvalue weighted by Crippen LogP contribution is -2.33. The monoisotopic (exact) mass is 129 g/mol. The molecule has 9 heavy (non-hydrogen) atoms. The minimum Gasteiger partial charge on any atom is -0.354 e. The second-order valence-corrected chi connectivity index (χ2v) is 2.58. The molecule has 0 aromatic carbocycles. The molecule has 3 heteroatoms. The molecule has 1 aliphatic heterocycles. The van der Waals surface area contributed by atoms with Crippen LogP contribution >= 0.6 is 0 Å². The van der Waals surface area contributed by atoms with E-state index in [1.54, 1.807) is 6.92 Å². The van der Waals surface area contributed by atoms with Gasteiger partial charge in [0, 0.05) is 0 Å². The highest BCUT2D eigenvalue weighted by molar-refractivity contribution is 5.77. The summed E-state index contributed by atoms with van der Waals surface area (Å²) >= 11 is 0. The summed E-state index contributed by atoms with van der Waals surface area (Å²) < 4.78 is 4.98. The number of hydrogen-bond donors (Lipinski definition) is 1. The second-order valence-electron chi connectivity index (χ2n) is 2.58. The van der Waals surface area contributed by atoms with Gasteiger partial charge in [-0.15, -0.1) is 0 Å². The fourth-order valence-corrected chi connectivity index (χ4v) is 0.522. The van der Waals surface area contributed by atoms with Crippen molar-refractivity contribution in [3.8, 4) is 0 Å². The molecular weight excluding hydrogens is 118 g/mol. The van der Waals surface area contributed by atoms with Crippen molar-refractivity contribution in [2.45, 2.75) is 19.6 Å². The Bertz CT molecular complexity index is 129. The number of carbonyl (C=O) groups is 1. The fraction of sp³-hybridized carbons (Fsp3) is 0.833. The zero-order chi connectivity index (χ0) is 6.91. The molecule has 1 rings (SSSR count). The van der Waals surface area contributed by atoms with Crippen LogP contribution in [0, 0.1) is 0 Å². The summed E-state index contributed by atoms with van der Waals surface area (Å²) in [5.41, 5.74) is -0.189. The number of Topliss-reactive ketones (excluding diaryl/α,β-unsaturated/α-hetero) is 1. The van der Waals surface area contributed by atoms with Gasteiger partial charge < -0.3 is 4.74 Å². The molecule has 1 unspecified atom stereocenters. The Morgan fingerprint density at radius 2 is 2.44 bits per heavy atom. The van der Waals surface area contributed by atoms with Crippen LogP contribution in [0.4, 0.5) is 0 Å². The van der Waals surface area contributed by atoms with Crippen LogP contribution in [-0.4, -0.2) is 24.7 Å². The number of carbonyl (C=O) groups excluding carboxylic acids is 1. The van der Waals surface area contributed by atoms with E-state index < -0.39 is 0 Å². The second kappa shape index (κ2) is 2.08. The van der Waals surface area contributed by atoms with Crippen LogP contribution in [-0.2, 0) is 9.53 Å². The average molecular weight is 129 g/mol. The molecule has 1 saturated heterocycles. The maximum absolute atomic E-state index is 10.4. The Hall–Kier alpha value is -0.410. The summed E-state index contributed by atoms with van der Waals surface area (Å²) in [7, 11) is 0. The van der Waals surface area contributed by atoms with Crippen molar-refractivity contribution in [2.75, 3.05) is 13.2 Å². The van der Waals surface area contributed by atoms with Gasteiger partial charge in [0.25, 0.3) is 0 Å². The van der Waals surface area contributed by atoms with Gasteiger partial charge in [0.15, 0.2) is 0 Å². The van der Waals surface area contributed by atoms with Gasteiger partial charge in [-0.25, -0.2) is 0 Å². The largest absolute Gasteiger partial charge is 0.354 e. The predicted molar refractivity (Wildman–Crippen MR) is 33.0 cm³/mol. The number of hydrogen-bond acceptors (Lipinski definition) is 3. The van der Waals surface area contributed by atoms with Gasteiger partial charge in [-0.2, -0.15) is 0 Å². The Morgan fingerprint density at radius 1 is 1.89 bits per heavy atom. The first-order valence-corrected chi connectivity index (χ1v) is 3.01. The van der Waals surface area contributed by atoms with Crippen molar-refractivity contribution in [2.24, 2.45) is 0 Å². The fourth-order valence-electron chi connectivity index (χ4n) is 0.522. The van der Waals surface area contributed by atoms with E-state index in [0.717, 1.165) is 6.61 Å². The van der Waals surface area contributed by atoms with E-state index in [1.165, 1.54) is 0 Å². The molecule has 0 aromatic rings. The number of nitrogens with one attached hydrogen (secondary N) is 1. The Morgan fingerprint density at radius 3 is 2.78 bits per heavy atom. The molecule has 1 aliphatic rings. The van der Waals surface area contributed by atoms with Crippen LogP contribution in [0.25, 0.3) is 0 Å². The molecule has 0 saturated carbocycles. The standard InChI is InChI=1S/C6H11NO2/c1-5(8)3-7-6(2)4-9-6/h7H,3-4H2,1-2H3. The number of ketones is 1. The Kier molecular flexibility index (Phi) is 1.55. The third-order valence-electron chi connectivity index (χ3n) is 1.29. The van der Waals surface area contributed by atoms with Crippen molar-refractivity contribution in [1.82, 2.24) is 5.32 Å². The van der Waals surface area contributed by atoms with Crippen LogP contribution in [0.2, 0.25) is 0 Å². The minimum absolute atomic E-state index is 0.145. The lowest BCUT2D eigenvalue weighted by molar-refractivity contribution is -0.116. The zero-order valence-electron chi connectivity index (χ0n) is 5.73. The summed E-state index contributed by atoms with van der Waals surface area (Å²) in [6.45, 7) is 4.62. The van der Waals surface area contributed by atoms with Crippen molar-refractivity contribution >= 4 is 5.78 Å². The van der Waals surface area contributed by atoms with Gasteiger partial charge in [0.1, 0.15) is 11.5 Å². The molecule has 0 bridgehead atoms. The smallest absolute Gasteiger partial charge is 0.143 e. The summed E-state index contributed by atoms with van der Waals surface area (Å²) in [6.07, 6.45) is 0. The molecule has 0 radical (unpaired) electrons. The number of ether oxygens (including phenoxy) is 1. The quantitative estimate of drug-likeness (QED) is 0.541. The van der Waals surface area contributed by atoms with Gasteiger partial charge in [-0.05, 0) is 13.8 Å². The normalized spacial score (nSPS) is 32.2. The highest BCUT2D eigenvalue weighted by Crippen LogP contribution is 2.20. The summed E-state index contributed by atoms with van der Waals surface area (Å²) in [6, 6.07) is 0. The van der Waals surface area contributed by atoms with Crippen LogP contribution in [0.5, 0.6) is 0 Å². The first kappa shape index (κ1) is 6.71. The third-order valence-corrected chi connectivity index (χ3v) is 1.29. The van der Waals surface area contributed by atoms with E-state index in [-0.39, 0.29) is 11.5 Å². The molecular formula is C6H11NO2. The lowest BCUT2D eigenvalue weighted by Gasteiger charge is -2.03. The first-order valence-electron chi connectivity index (χ1n) is 3.01. The van der Waals surface area contributed by atoms with Crippen molar-refractivity contribution in [1.29, 1.82) is 0 Å². The Balaban J connectivity index is 2.12. The molecule has 1 heterocycles. The van der Waals surface area contributed by atoms with Crippen molar-refractivity contribution in [3.05, 3.63) is 0 Å². The average Bonchev–Trinajstić information content (AvgIpc) is 2.45. The minimum atomic E-state index is -0.189. The molecule has 0 spiro atoms. The van der Waals surface area contributed by atoms with Gasteiger partial charge >= 0.3 is 0 Å². The van der Waals surface area contributed by atoms with Crippen LogP contribution < -0.4 is 5.32 Å². The molecule has 1 atom stereocenters. The lowest BCUT2D eigenvalue weighted by atomic mass is 10.3. The molecule has 52 valence electrons. The van der Waals surface area contributed by atoms with Gasteiger partial charge in [0.05, 0.1) is 13.2 Å². The molecule has 0 aromatic heterocycles. The van der Waals surface area contributed by atoms with Gasteiger partial charge in [-0.1, -0.05) is 0 Å². The molecule has 1 fully saturated rings. The molecule has 0 aliphatic carbocycles. The van der Waals surface area contributed by atoms with Crippen LogP contribution in [0.3, 0.4) is 0 Å². The van der Waals surface area contributed by atoms with Crippen LogP contribution in [0.1, 0.15) is 13.8 Å². The van der Waals surface area contributed by atoms with E-state index >= 15 is 0 Å². The van der Waals surface area contributed by atoms with Crippen LogP contribution in [0.15, 0.2) is 0 Å². The predicted octanol–water partition coefficient (Wildman–Crippen LogP) is -0.0886. The Labute approximate surface area is 54.4 Å². The SMILES string of the molecule is CC(=O)CNC1(C)CO1. The maximum atomic E-state index is 10.4. The summed E-state index contributed by atoms with van der Waals surface area (Å²) in [5, 5.41) is 2.96. The van der Waals surface area contributed by atoms with E-state index in [1.807, 2.05) is 6.92 Å². The van der Waals surface area contributed by atoms with Crippen molar-refractivity contribution < 1.29 is 9.53 Å². The topological polar surface area (TPSA) is 41.6 Å². The highest BCUT2D eigenvalue weighted by Gasteiger charge is 2.38. The molecule has 3 nitrogen and oxygen atoms in total. The van der Waals surface area contributed by atoms with Gasteiger partial charge in [0.2, 0.25) is 0 Å². The maximum Gasteiger partial charge on any atom is 0.143 e. The van der Waals surface area contributed by atoms with E-state index in [4.69, 9.17) is 4.74 Å². The number of epoxide rings is 1. The highest BCUT2D eigenvalue weighted by atomic mass is 16.6. The van der Waals surface area contributed by atoms with E-state index in [2.05, 4.69) is 5.32 Å². The molecule has 0 amide bonds. The van der Waals surface area contributed by atoms with Crippen molar-refractivity contribution in [3.63, 3.8) is 0 Å². The van der Waals surface area contributed by atoms with E-state index in [0.29, 0.717) is 6.54 Å². The first-order chi connectivity index (χ1) is 4.12. The van der Waals surface area contributed by atoms with Gasteiger partial charge in [-0.3, -0.25) is 10.1 Å². The summed E-state index contributed by atoms with van der Waals surface area (Å²) in [4.78, 5) is 10.4. The summed E-state index contributed by atoms with van der Waals surface area (Å²) in [5.74, 6) is 0.145. The van der Waals surface area contributed by atoms with E-state index in [9.17, 15) is 4.79 Å². The molecule has 1 N–H and O–H groups in total. The zero-order valence-corrected chi connectivity index (χ0v) is 5.73. The number of rotatable bonds is 3. The third kappa shape index (κ3) is 2.11.